The standard InChI is InChI=1S/C33H32FN5O6/c34-27-14-13-23(45-30-25-11-5-4-10-24(25)29(40)35-36-30)20-26(27)31(41)37-16-18-38(19-17-37)32(42)28-12-6-7-15-39(28)33(43)44-21-22-8-2-1-3-9-22/h1-5,8-11,13-14,20,28H,6-7,12,15-19,21H2,(H,35,40). The number of nitrogens with one attached hydrogen (secondary N) is 1. The number of hydrogen-bond acceptors (Lipinski definition) is 7. The van der Waals surface area contributed by atoms with E-state index >= 15 is 0 Å². The van der Waals surface area contributed by atoms with Gasteiger partial charge in [-0.1, -0.05) is 42.5 Å². The number of nitrogens with zero attached hydrogens (tertiary/aromatic N) is 4. The van der Waals surface area contributed by atoms with E-state index in [1.165, 1.54) is 21.9 Å². The number of ether oxygens (including phenoxy) is 2. The number of likely N-dealkylation sites (tertiary alicyclic amines) is 1. The topological polar surface area (TPSA) is 125 Å². The fraction of sp³-hybridized carbons (Fsp3) is 0.303. The van der Waals surface area contributed by atoms with Crippen LogP contribution in [0.2, 0.25) is 0 Å². The summed E-state index contributed by atoms with van der Waals surface area (Å²) in [6.45, 7) is 1.46. The van der Waals surface area contributed by atoms with Crippen LogP contribution in [0.15, 0.2) is 77.6 Å². The summed E-state index contributed by atoms with van der Waals surface area (Å²) in [7, 11) is 0. The molecule has 0 aliphatic carbocycles. The van der Waals surface area contributed by atoms with E-state index < -0.39 is 23.9 Å². The predicted molar refractivity (Wildman–Crippen MR) is 162 cm³/mol. The lowest BCUT2D eigenvalue weighted by atomic mass is 10.0. The van der Waals surface area contributed by atoms with Crippen LogP contribution in [0.4, 0.5) is 9.18 Å². The van der Waals surface area contributed by atoms with Gasteiger partial charge >= 0.3 is 6.09 Å². The molecule has 0 saturated carbocycles. The van der Waals surface area contributed by atoms with Crippen LogP contribution >= 0.6 is 0 Å². The van der Waals surface area contributed by atoms with E-state index in [9.17, 15) is 23.6 Å². The van der Waals surface area contributed by atoms with Crippen LogP contribution in [0.5, 0.6) is 11.6 Å². The van der Waals surface area contributed by atoms with Gasteiger partial charge in [-0.2, -0.15) is 0 Å². The Bertz CT molecular complexity index is 1770. The van der Waals surface area contributed by atoms with Crippen molar-refractivity contribution in [3.05, 3.63) is 100 Å². The molecular formula is C33H32FN5O6. The van der Waals surface area contributed by atoms with Crippen LogP contribution in [0.1, 0.15) is 35.2 Å². The Labute approximate surface area is 258 Å². The molecule has 232 valence electrons. The third kappa shape index (κ3) is 6.49. The van der Waals surface area contributed by atoms with Crippen molar-refractivity contribution in [2.24, 2.45) is 0 Å². The average Bonchev–Trinajstić information content (AvgIpc) is 3.09. The molecule has 11 nitrogen and oxygen atoms in total. The van der Waals surface area contributed by atoms with Crippen molar-refractivity contribution in [3.63, 3.8) is 0 Å². The zero-order chi connectivity index (χ0) is 31.3. The van der Waals surface area contributed by atoms with Gasteiger partial charge in [0.15, 0.2) is 0 Å². The molecule has 1 aromatic heterocycles. The van der Waals surface area contributed by atoms with Crippen molar-refractivity contribution in [3.8, 4) is 11.6 Å². The molecule has 4 aromatic rings. The summed E-state index contributed by atoms with van der Waals surface area (Å²) in [5.41, 5.74) is 0.312. The van der Waals surface area contributed by atoms with Crippen molar-refractivity contribution in [1.29, 1.82) is 0 Å². The monoisotopic (exact) mass is 613 g/mol. The predicted octanol–water partition coefficient (Wildman–Crippen LogP) is 4.33. The lowest BCUT2D eigenvalue weighted by Gasteiger charge is -2.40. The lowest BCUT2D eigenvalue weighted by Crippen LogP contribution is -2.57. The molecule has 1 N–H and O–H groups in total. The summed E-state index contributed by atoms with van der Waals surface area (Å²) in [6, 6.07) is 19.3. The number of aromatic amines is 1. The smallest absolute Gasteiger partial charge is 0.410 e. The Morgan fingerprint density at radius 2 is 1.58 bits per heavy atom. The van der Waals surface area contributed by atoms with Crippen LogP contribution in [0.25, 0.3) is 10.8 Å². The first-order valence-corrected chi connectivity index (χ1v) is 14.9. The number of benzene rings is 3. The number of fused-ring (bicyclic) bond motifs is 1. The minimum atomic E-state index is -0.711. The third-order valence-corrected chi connectivity index (χ3v) is 8.15. The van der Waals surface area contributed by atoms with Gasteiger partial charge in [-0.15, -0.1) is 5.10 Å². The van der Waals surface area contributed by atoms with Crippen LogP contribution in [-0.4, -0.2) is 81.6 Å². The number of carbonyl (C=O) groups is 3. The van der Waals surface area contributed by atoms with E-state index in [0.29, 0.717) is 23.7 Å². The van der Waals surface area contributed by atoms with Gasteiger partial charge < -0.3 is 19.3 Å². The molecule has 2 aliphatic heterocycles. The number of rotatable bonds is 6. The minimum Gasteiger partial charge on any atom is -0.445 e. The maximum Gasteiger partial charge on any atom is 0.410 e. The number of halogens is 1. The highest BCUT2D eigenvalue weighted by Crippen LogP contribution is 2.28. The Balaban J connectivity index is 1.09. The van der Waals surface area contributed by atoms with Gasteiger partial charge in [0.25, 0.3) is 11.5 Å². The molecule has 1 atom stereocenters. The highest BCUT2D eigenvalue weighted by atomic mass is 19.1. The van der Waals surface area contributed by atoms with Gasteiger partial charge in [-0.25, -0.2) is 14.3 Å². The summed E-state index contributed by atoms with van der Waals surface area (Å²) in [6.07, 6.45) is 1.62. The molecule has 0 bridgehead atoms. The Kier molecular flexibility index (Phi) is 8.72. The molecule has 12 heteroatoms. The third-order valence-electron chi connectivity index (χ3n) is 8.15. The van der Waals surface area contributed by atoms with E-state index in [-0.39, 0.29) is 61.4 Å². The van der Waals surface area contributed by atoms with Crippen LogP contribution in [0.3, 0.4) is 0 Å². The SMILES string of the molecule is O=C(c1cc(Oc2n[nH]c(=O)c3ccccc23)ccc1F)N1CCN(C(=O)C2CCCCN2C(=O)OCc2ccccc2)CC1. The van der Waals surface area contributed by atoms with E-state index in [4.69, 9.17) is 9.47 Å². The first kappa shape index (κ1) is 29.8. The maximum atomic E-state index is 14.9. The van der Waals surface area contributed by atoms with Gasteiger partial charge in [0.1, 0.15) is 24.2 Å². The summed E-state index contributed by atoms with van der Waals surface area (Å²) in [5, 5.41) is 7.21. The number of H-pyrrole nitrogens is 1. The minimum absolute atomic E-state index is 0.114. The molecule has 1 unspecified atom stereocenters. The zero-order valence-electron chi connectivity index (χ0n) is 24.5. The van der Waals surface area contributed by atoms with Crippen molar-refractivity contribution < 1.29 is 28.2 Å². The Morgan fingerprint density at radius 3 is 2.36 bits per heavy atom. The first-order chi connectivity index (χ1) is 21.9. The second-order valence-electron chi connectivity index (χ2n) is 11.0. The van der Waals surface area contributed by atoms with Crippen LogP contribution < -0.4 is 10.3 Å². The molecule has 45 heavy (non-hydrogen) atoms. The highest BCUT2D eigenvalue weighted by molar-refractivity contribution is 5.95. The highest BCUT2D eigenvalue weighted by Gasteiger charge is 2.37. The van der Waals surface area contributed by atoms with E-state index in [2.05, 4.69) is 10.2 Å². The quantitative estimate of drug-likeness (QED) is 0.343. The number of amides is 3. The molecular weight excluding hydrogens is 581 g/mol. The molecule has 0 spiro atoms. The van der Waals surface area contributed by atoms with Gasteiger partial charge in [0.05, 0.1) is 16.3 Å². The van der Waals surface area contributed by atoms with Crippen LogP contribution in [0, 0.1) is 5.82 Å². The van der Waals surface area contributed by atoms with Crippen molar-refractivity contribution in [1.82, 2.24) is 24.9 Å². The summed E-state index contributed by atoms with van der Waals surface area (Å²) in [5.74, 6) is -1.14. The van der Waals surface area contributed by atoms with E-state index in [0.717, 1.165) is 24.5 Å². The molecule has 2 aliphatic rings. The lowest BCUT2D eigenvalue weighted by molar-refractivity contribution is -0.139. The summed E-state index contributed by atoms with van der Waals surface area (Å²) < 4.78 is 26.2. The zero-order valence-corrected chi connectivity index (χ0v) is 24.5. The molecule has 3 amide bonds. The summed E-state index contributed by atoms with van der Waals surface area (Å²) >= 11 is 0. The van der Waals surface area contributed by atoms with Gasteiger partial charge in [0, 0.05) is 32.7 Å². The number of carbonyl (C=O) groups excluding carboxylic acids is 3. The maximum absolute atomic E-state index is 14.9. The fourth-order valence-corrected chi connectivity index (χ4v) is 5.73. The average molecular weight is 614 g/mol. The van der Waals surface area contributed by atoms with Crippen molar-refractivity contribution in [2.75, 3.05) is 32.7 Å². The molecule has 6 rings (SSSR count). The van der Waals surface area contributed by atoms with Crippen molar-refractivity contribution >= 4 is 28.7 Å². The number of aromatic nitrogens is 2. The van der Waals surface area contributed by atoms with Gasteiger partial charge in [-0.05, 0) is 55.2 Å². The number of piperidine rings is 1. The number of piperazine rings is 1. The molecule has 3 aromatic carbocycles. The van der Waals surface area contributed by atoms with Gasteiger partial charge in [0.2, 0.25) is 11.8 Å². The Hall–Kier alpha value is -5.26. The second-order valence-corrected chi connectivity index (χ2v) is 11.0. The largest absolute Gasteiger partial charge is 0.445 e. The fourth-order valence-electron chi connectivity index (χ4n) is 5.73. The van der Waals surface area contributed by atoms with E-state index in [1.807, 2.05) is 30.3 Å². The number of hydrogen-bond donors (Lipinski definition) is 1. The Morgan fingerprint density at radius 1 is 0.867 bits per heavy atom. The normalized spacial score (nSPS) is 16.8. The van der Waals surface area contributed by atoms with Crippen LogP contribution in [-0.2, 0) is 16.1 Å². The molecule has 3 heterocycles. The van der Waals surface area contributed by atoms with Gasteiger partial charge in [-0.3, -0.25) is 19.3 Å². The molecule has 0 radical (unpaired) electrons. The molecule has 2 saturated heterocycles. The molecule has 2 fully saturated rings. The van der Waals surface area contributed by atoms with Crippen molar-refractivity contribution in [2.45, 2.75) is 31.9 Å². The summed E-state index contributed by atoms with van der Waals surface area (Å²) in [4.78, 5) is 56.6. The first-order valence-electron chi connectivity index (χ1n) is 14.9. The van der Waals surface area contributed by atoms with E-state index in [1.54, 1.807) is 29.2 Å². The second kappa shape index (κ2) is 13.2.